The molecule has 2 atom stereocenters. The van der Waals surface area contributed by atoms with Gasteiger partial charge in [-0.05, 0) is 43.7 Å². The minimum atomic E-state index is -0.369. The number of aliphatic hydroxyl groups excluding tert-OH is 1. The van der Waals surface area contributed by atoms with Crippen LogP contribution < -0.4 is 0 Å². The number of benzene rings is 1. The van der Waals surface area contributed by atoms with Crippen LogP contribution in [0.5, 0.6) is 0 Å². The van der Waals surface area contributed by atoms with E-state index >= 15 is 0 Å². The topological polar surface area (TPSA) is 29.5 Å². The fourth-order valence-corrected chi connectivity index (χ4v) is 2.86. The monoisotopic (exact) mass is 298 g/mol. The summed E-state index contributed by atoms with van der Waals surface area (Å²) < 4.78 is 6.56. The second-order valence-electron chi connectivity index (χ2n) is 4.60. The highest BCUT2D eigenvalue weighted by Gasteiger charge is 2.16. The summed E-state index contributed by atoms with van der Waals surface area (Å²) in [6, 6.07) is 7.87. The summed E-state index contributed by atoms with van der Waals surface area (Å²) >= 11 is 3.47. The van der Waals surface area contributed by atoms with Gasteiger partial charge in [0.15, 0.2) is 0 Å². The number of aliphatic hydroxyl groups is 1. The van der Waals surface area contributed by atoms with E-state index in [1.54, 1.807) is 0 Å². The molecule has 0 saturated carbocycles. The third-order valence-electron chi connectivity index (χ3n) is 3.29. The van der Waals surface area contributed by atoms with E-state index in [2.05, 4.69) is 15.9 Å². The zero-order valence-electron chi connectivity index (χ0n) is 9.94. The molecule has 1 N–H and O–H groups in total. The minimum absolute atomic E-state index is 0.369. The van der Waals surface area contributed by atoms with Crippen molar-refractivity contribution in [3.05, 3.63) is 34.3 Å². The molecule has 17 heavy (non-hydrogen) atoms. The molecule has 0 aromatic heterocycles. The Hall–Kier alpha value is -0.380. The first-order valence-corrected chi connectivity index (χ1v) is 7.11. The smallest absolute Gasteiger partial charge is 0.0801 e. The Balaban J connectivity index is 1.77. The maximum Gasteiger partial charge on any atom is 0.0801 e. The molecule has 0 bridgehead atoms. The van der Waals surface area contributed by atoms with Crippen LogP contribution in [0.2, 0.25) is 0 Å². The normalized spacial score (nSPS) is 21.6. The van der Waals surface area contributed by atoms with Crippen molar-refractivity contribution in [3.63, 3.8) is 0 Å². The van der Waals surface area contributed by atoms with Crippen LogP contribution in [0.3, 0.4) is 0 Å². The van der Waals surface area contributed by atoms with Gasteiger partial charge in [-0.2, -0.15) is 0 Å². The first-order chi connectivity index (χ1) is 8.27. The lowest BCUT2D eigenvalue weighted by molar-refractivity contribution is 0.0944. The Morgan fingerprint density at radius 1 is 1.41 bits per heavy atom. The van der Waals surface area contributed by atoms with E-state index < -0.39 is 0 Å². The molecule has 2 nitrogen and oxygen atoms in total. The predicted octanol–water partition coefficient (Wildman–Crippen LogP) is 3.83. The molecule has 0 amide bonds. The Labute approximate surface area is 111 Å². The van der Waals surface area contributed by atoms with Gasteiger partial charge in [-0.25, -0.2) is 0 Å². The van der Waals surface area contributed by atoms with Crippen molar-refractivity contribution in [1.82, 2.24) is 0 Å². The average molecular weight is 299 g/mol. The third-order valence-corrected chi connectivity index (χ3v) is 4.01. The van der Waals surface area contributed by atoms with E-state index in [1.807, 2.05) is 24.3 Å². The van der Waals surface area contributed by atoms with Crippen molar-refractivity contribution < 1.29 is 9.84 Å². The van der Waals surface area contributed by atoms with E-state index in [0.29, 0.717) is 6.10 Å². The summed E-state index contributed by atoms with van der Waals surface area (Å²) in [5, 5.41) is 10.1. The molecule has 2 rings (SSSR count). The van der Waals surface area contributed by atoms with Crippen LogP contribution >= 0.6 is 15.9 Å². The van der Waals surface area contributed by atoms with Gasteiger partial charge < -0.3 is 9.84 Å². The summed E-state index contributed by atoms with van der Waals surface area (Å²) in [6.45, 7) is 0.914. The quantitative estimate of drug-likeness (QED) is 0.895. The second-order valence-corrected chi connectivity index (χ2v) is 5.46. The van der Waals surface area contributed by atoms with Crippen LogP contribution in [0.25, 0.3) is 0 Å². The Morgan fingerprint density at radius 3 is 2.94 bits per heavy atom. The molecule has 1 aromatic rings. The molecule has 1 aromatic carbocycles. The molecular weight excluding hydrogens is 280 g/mol. The summed E-state index contributed by atoms with van der Waals surface area (Å²) in [6.07, 6.45) is 5.34. The van der Waals surface area contributed by atoms with Crippen molar-refractivity contribution in [2.75, 3.05) is 6.61 Å². The summed E-state index contributed by atoms with van der Waals surface area (Å²) in [7, 11) is 0. The molecule has 0 radical (unpaired) electrons. The molecule has 3 heteroatoms. The van der Waals surface area contributed by atoms with Crippen molar-refractivity contribution in [1.29, 1.82) is 0 Å². The molecule has 1 aliphatic heterocycles. The van der Waals surface area contributed by atoms with Crippen molar-refractivity contribution in [3.8, 4) is 0 Å². The van der Waals surface area contributed by atoms with Crippen molar-refractivity contribution >= 4 is 15.9 Å². The highest BCUT2D eigenvalue weighted by Crippen LogP contribution is 2.27. The summed E-state index contributed by atoms with van der Waals surface area (Å²) in [5.41, 5.74) is 0.986. The van der Waals surface area contributed by atoms with Gasteiger partial charge in [0, 0.05) is 11.1 Å². The highest BCUT2D eigenvalue weighted by atomic mass is 79.9. The zero-order valence-corrected chi connectivity index (χ0v) is 11.5. The van der Waals surface area contributed by atoms with Crippen LogP contribution in [0, 0.1) is 0 Å². The zero-order chi connectivity index (χ0) is 12.1. The van der Waals surface area contributed by atoms with Crippen LogP contribution in [-0.4, -0.2) is 17.8 Å². The van der Waals surface area contributed by atoms with Gasteiger partial charge in [0.05, 0.1) is 12.2 Å². The Morgan fingerprint density at radius 2 is 2.24 bits per heavy atom. The predicted molar refractivity (Wildman–Crippen MR) is 71.9 cm³/mol. The summed E-state index contributed by atoms with van der Waals surface area (Å²) in [5.74, 6) is 0. The third kappa shape index (κ3) is 3.80. The van der Waals surface area contributed by atoms with E-state index in [9.17, 15) is 5.11 Å². The number of halogens is 1. The molecule has 1 fully saturated rings. The van der Waals surface area contributed by atoms with Crippen LogP contribution in [0.4, 0.5) is 0 Å². The van der Waals surface area contributed by atoms with E-state index in [0.717, 1.165) is 35.9 Å². The van der Waals surface area contributed by atoms with Gasteiger partial charge >= 0.3 is 0 Å². The highest BCUT2D eigenvalue weighted by molar-refractivity contribution is 9.10. The first kappa shape index (κ1) is 13.1. The van der Waals surface area contributed by atoms with Gasteiger partial charge in [0.2, 0.25) is 0 Å². The van der Waals surface area contributed by atoms with Gasteiger partial charge in [-0.1, -0.05) is 34.1 Å². The fraction of sp³-hybridized carbons (Fsp3) is 0.571. The molecule has 1 heterocycles. The van der Waals surface area contributed by atoms with Gasteiger partial charge in [0.1, 0.15) is 0 Å². The molecular formula is C14H19BrO2. The van der Waals surface area contributed by atoms with E-state index in [1.165, 1.54) is 12.8 Å². The van der Waals surface area contributed by atoms with Crippen LogP contribution in [0.1, 0.15) is 43.8 Å². The van der Waals surface area contributed by atoms with Gasteiger partial charge in [-0.3, -0.25) is 0 Å². The van der Waals surface area contributed by atoms with Crippen molar-refractivity contribution in [2.24, 2.45) is 0 Å². The Kier molecular flexibility index (Phi) is 5.01. The molecule has 2 unspecified atom stereocenters. The number of hydrogen-bond donors (Lipinski definition) is 1. The molecule has 0 spiro atoms. The maximum absolute atomic E-state index is 10.1. The van der Waals surface area contributed by atoms with Gasteiger partial charge in [-0.15, -0.1) is 0 Å². The van der Waals surface area contributed by atoms with Crippen molar-refractivity contribution in [2.45, 2.75) is 44.3 Å². The van der Waals surface area contributed by atoms with E-state index in [-0.39, 0.29) is 6.10 Å². The molecule has 94 valence electrons. The summed E-state index contributed by atoms with van der Waals surface area (Å²) in [4.78, 5) is 0. The lowest BCUT2D eigenvalue weighted by atomic mass is 10.0. The lowest BCUT2D eigenvalue weighted by Crippen LogP contribution is -2.06. The van der Waals surface area contributed by atoms with Crippen LogP contribution in [0.15, 0.2) is 28.7 Å². The fourth-order valence-electron chi connectivity index (χ4n) is 2.31. The second kappa shape index (κ2) is 6.53. The number of rotatable bonds is 5. The Bertz CT molecular complexity index is 348. The molecule has 1 aliphatic rings. The van der Waals surface area contributed by atoms with Crippen LogP contribution in [-0.2, 0) is 4.74 Å². The van der Waals surface area contributed by atoms with E-state index in [4.69, 9.17) is 4.74 Å². The number of ether oxygens (including phenoxy) is 1. The number of hydrogen-bond acceptors (Lipinski definition) is 2. The lowest BCUT2D eigenvalue weighted by Gasteiger charge is -2.14. The standard InChI is InChI=1S/C14H19BrO2/c15-13-8-2-1-7-12(13)14(16)9-3-5-11-6-4-10-17-11/h1-2,7-8,11,14,16H,3-6,9-10H2. The minimum Gasteiger partial charge on any atom is -0.388 e. The largest absolute Gasteiger partial charge is 0.388 e. The molecule has 1 saturated heterocycles. The van der Waals surface area contributed by atoms with Gasteiger partial charge in [0.25, 0.3) is 0 Å². The molecule has 0 aliphatic carbocycles. The SMILES string of the molecule is OC(CCCC1CCCO1)c1ccccc1Br. The first-order valence-electron chi connectivity index (χ1n) is 6.31. The average Bonchev–Trinajstić information content (AvgIpc) is 2.82. The maximum atomic E-state index is 10.1.